The predicted octanol–water partition coefficient (Wildman–Crippen LogP) is 2.29. The molecule has 2 rings (SSSR count). The zero-order valence-corrected chi connectivity index (χ0v) is 12.2. The first-order valence-corrected chi connectivity index (χ1v) is 6.81. The molecule has 1 aliphatic heterocycles. The molecule has 1 aromatic rings. The first-order chi connectivity index (χ1) is 8.97. The van der Waals surface area contributed by atoms with Crippen molar-refractivity contribution in [2.45, 2.75) is 39.9 Å². The Labute approximate surface area is 114 Å². The summed E-state index contributed by atoms with van der Waals surface area (Å²) in [4.78, 5) is 8.63. The van der Waals surface area contributed by atoms with E-state index in [4.69, 9.17) is 9.47 Å². The van der Waals surface area contributed by atoms with E-state index in [1.807, 2.05) is 26.8 Å². The third kappa shape index (κ3) is 4.14. The average molecular weight is 265 g/mol. The van der Waals surface area contributed by atoms with E-state index >= 15 is 0 Å². The van der Waals surface area contributed by atoms with Crippen molar-refractivity contribution in [1.82, 2.24) is 9.97 Å². The van der Waals surface area contributed by atoms with Gasteiger partial charge in [-0.1, -0.05) is 6.92 Å². The summed E-state index contributed by atoms with van der Waals surface area (Å²) in [5.74, 6) is 1.71. The van der Waals surface area contributed by atoms with Crippen molar-refractivity contribution in [3.05, 3.63) is 17.6 Å². The molecule has 5 heteroatoms. The van der Waals surface area contributed by atoms with Crippen molar-refractivity contribution in [2.24, 2.45) is 5.92 Å². The van der Waals surface area contributed by atoms with E-state index in [9.17, 15) is 0 Å². The van der Waals surface area contributed by atoms with E-state index in [0.29, 0.717) is 19.1 Å². The van der Waals surface area contributed by atoms with E-state index in [0.717, 1.165) is 30.3 Å². The van der Waals surface area contributed by atoms with Crippen LogP contribution in [0.1, 0.15) is 31.8 Å². The van der Waals surface area contributed by atoms with Crippen LogP contribution in [0.4, 0.5) is 5.82 Å². The molecule has 0 spiro atoms. The van der Waals surface area contributed by atoms with Gasteiger partial charge in [-0.3, -0.25) is 0 Å². The number of hydrogen-bond donors (Lipinski definition) is 1. The van der Waals surface area contributed by atoms with E-state index < -0.39 is 5.79 Å². The van der Waals surface area contributed by atoms with Crippen molar-refractivity contribution in [3.8, 4) is 0 Å². The zero-order chi connectivity index (χ0) is 13.9. The Balaban J connectivity index is 1.84. The second kappa shape index (κ2) is 5.84. The average Bonchev–Trinajstić information content (AvgIpc) is 2.72. The van der Waals surface area contributed by atoms with Crippen LogP contribution in [-0.2, 0) is 9.47 Å². The Morgan fingerprint density at radius 1 is 1.32 bits per heavy atom. The van der Waals surface area contributed by atoms with Gasteiger partial charge in [0.1, 0.15) is 11.6 Å². The lowest BCUT2D eigenvalue weighted by Crippen LogP contribution is -2.30. The van der Waals surface area contributed by atoms with E-state index in [-0.39, 0.29) is 0 Å². The van der Waals surface area contributed by atoms with Crippen LogP contribution in [0.25, 0.3) is 0 Å². The fourth-order valence-electron chi connectivity index (χ4n) is 2.47. The van der Waals surface area contributed by atoms with Gasteiger partial charge in [0, 0.05) is 24.7 Å². The lowest BCUT2D eigenvalue weighted by Gasteiger charge is -2.26. The molecule has 0 radical (unpaired) electrons. The number of rotatable bonds is 5. The smallest absolute Gasteiger partial charge is 0.166 e. The Bertz CT molecular complexity index is 410. The Kier molecular flexibility index (Phi) is 4.37. The topological polar surface area (TPSA) is 56.3 Å². The molecule has 0 unspecified atom stereocenters. The molecule has 1 fully saturated rings. The molecular weight excluding hydrogens is 242 g/mol. The van der Waals surface area contributed by atoms with Gasteiger partial charge < -0.3 is 14.8 Å². The minimum absolute atomic E-state index is 0.418. The Hall–Kier alpha value is -1.20. The monoisotopic (exact) mass is 265 g/mol. The predicted molar refractivity (Wildman–Crippen MR) is 74.1 cm³/mol. The summed E-state index contributed by atoms with van der Waals surface area (Å²) in [6.07, 6.45) is 0.878. The van der Waals surface area contributed by atoms with Crippen LogP contribution in [0.2, 0.25) is 0 Å². The molecule has 1 saturated heterocycles. The first-order valence-electron chi connectivity index (χ1n) is 6.81. The molecule has 1 N–H and O–H groups in total. The molecule has 106 valence electrons. The molecule has 1 atom stereocenters. The summed E-state index contributed by atoms with van der Waals surface area (Å²) in [5, 5.41) is 3.36. The molecule has 0 aliphatic carbocycles. The minimum atomic E-state index is -0.418. The highest BCUT2D eigenvalue weighted by atomic mass is 16.7. The fraction of sp³-hybridized carbons (Fsp3) is 0.714. The van der Waals surface area contributed by atoms with Crippen molar-refractivity contribution in [2.75, 3.05) is 25.1 Å². The highest BCUT2D eigenvalue weighted by Gasteiger charge is 2.32. The van der Waals surface area contributed by atoms with Gasteiger partial charge in [0.15, 0.2) is 5.79 Å². The number of hydrogen-bond acceptors (Lipinski definition) is 5. The number of aromatic nitrogens is 2. The summed E-state index contributed by atoms with van der Waals surface area (Å²) < 4.78 is 11.3. The molecule has 0 saturated carbocycles. The summed E-state index contributed by atoms with van der Waals surface area (Å²) in [6, 6.07) is 1.96. The van der Waals surface area contributed by atoms with Gasteiger partial charge in [-0.25, -0.2) is 9.97 Å². The summed E-state index contributed by atoms with van der Waals surface area (Å²) in [5.41, 5.74) is 0.983. The van der Waals surface area contributed by atoms with E-state index in [1.165, 1.54) is 0 Å². The SMILES string of the molecule is Cc1cc(NC[C@@H](C)CC2(C)OCCO2)nc(C)n1. The highest BCUT2D eigenvalue weighted by molar-refractivity contribution is 5.35. The third-order valence-corrected chi connectivity index (χ3v) is 3.22. The Morgan fingerprint density at radius 2 is 2.00 bits per heavy atom. The number of anilines is 1. The highest BCUT2D eigenvalue weighted by Crippen LogP contribution is 2.26. The Morgan fingerprint density at radius 3 is 2.63 bits per heavy atom. The fourth-order valence-corrected chi connectivity index (χ4v) is 2.47. The molecule has 1 aromatic heterocycles. The maximum Gasteiger partial charge on any atom is 0.166 e. The molecular formula is C14H23N3O2. The van der Waals surface area contributed by atoms with Gasteiger partial charge in [-0.15, -0.1) is 0 Å². The summed E-state index contributed by atoms with van der Waals surface area (Å²) in [7, 11) is 0. The van der Waals surface area contributed by atoms with Crippen LogP contribution in [0.5, 0.6) is 0 Å². The van der Waals surface area contributed by atoms with Crippen LogP contribution in [0, 0.1) is 19.8 Å². The van der Waals surface area contributed by atoms with Crippen LogP contribution in [-0.4, -0.2) is 35.5 Å². The molecule has 0 aromatic carbocycles. The van der Waals surface area contributed by atoms with E-state index in [2.05, 4.69) is 22.2 Å². The molecule has 0 amide bonds. The number of aryl methyl sites for hydroxylation is 2. The quantitative estimate of drug-likeness (QED) is 0.885. The minimum Gasteiger partial charge on any atom is -0.370 e. The summed E-state index contributed by atoms with van der Waals surface area (Å²) in [6.45, 7) is 10.3. The van der Waals surface area contributed by atoms with Gasteiger partial charge >= 0.3 is 0 Å². The van der Waals surface area contributed by atoms with Crippen LogP contribution < -0.4 is 5.32 Å². The second-order valence-electron chi connectivity index (χ2n) is 5.46. The van der Waals surface area contributed by atoms with Gasteiger partial charge in [0.05, 0.1) is 13.2 Å². The van der Waals surface area contributed by atoms with Crippen molar-refractivity contribution in [3.63, 3.8) is 0 Å². The third-order valence-electron chi connectivity index (χ3n) is 3.22. The number of nitrogens with zero attached hydrogens (tertiary/aromatic N) is 2. The van der Waals surface area contributed by atoms with Gasteiger partial charge in [-0.05, 0) is 26.7 Å². The van der Waals surface area contributed by atoms with Gasteiger partial charge in [-0.2, -0.15) is 0 Å². The van der Waals surface area contributed by atoms with Crippen molar-refractivity contribution >= 4 is 5.82 Å². The van der Waals surface area contributed by atoms with Crippen molar-refractivity contribution < 1.29 is 9.47 Å². The van der Waals surface area contributed by atoms with Crippen LogP contribution >= 0.6 is 0 Å². The van der Waals surface area contributed by atoms with Crippen LogP contribution in [0.15, 0.2) is 6.07 Å². The molecule has 19 heavy (non-hydrogen) atoms. The lowest BCUT2D eigenvalue weighted by atomic mass is 10.0. The second-order valence-corrected chi connectivity index (χ2v) is 5.46. The van der Waals surface area contributed by atoms with Gasteiger partial charge in [0.2, 0.25) is 0 Å². The molecule has 1 aliphatic rings. The molecule has 0 bridgehead atoms. The molecule has 5 nitrogen and oxygen atoms in total. The van der Waals surface area contributed by atoms with Gasteiger partial charge in [0.25, 0.3) is 0 Å². The maximum absolute atomic E-state index is 5.63. The first kappa shape index (κ1) is 14.2. The number of ether oxygens (including phenoxy) is 2. The molecule has 2 heterocycles. The lowest BCUT2D eigenvalue weighted by molar-refractivity contribution is -0.153. The summed E-state index contributed by atoms with van der Waals surface area (Å²) >= 11 is 0. The van der Waals surface area contributed by atoms with E-state index in [1.54, 1.807) is 0 Å². The van der Waals surface area contributed by atoms with Crippen LogP contribution in [0.3, 0.4) is 0 Å². The normalized spacial score (nSPS) is 19.4. The maximum atomic E-state index is 5.63. The number of nitrogens with one attached hydrogen (secondary N) is 1. The van der Waals surface area contributed by atoms with Crippen molar-refractivity contribution in [1.29, 1.82) is 0 Å². The zero-order valence-electron chi connectivity index (χ0n) is 12.2. The standard InChI is InChI=1S/C14H23N3O2/c1-10(8-14(4)18-5-6-19-14)9-15-13-7-11(2)16-12(3)17-13/h7,10H,5-6,8-9H2,1-4H3,(H,15,16,17)/t10-/m0/s1. The largest absolute Gasteiger partial charge is 0.370 e.